The minimum Gasteiger partial charge on any atom is -0.496 e. The Labute approximate surface area is 101 Å². The largest absolute Gasteiger partial charge is 0.496 e. The number of ether oxygens (including phenoxy) is 1. The predicted octanol–water partition coefficient (Wildman–Crippen LogP) is 1.51. The van der Waals surface area contributed by atoms with Gasteiger partial charge in [0.15, 0.2) is 0 Å². The normalized spacial score (nSPS) is 10.3. The highest BCUT2D eigenvalue weighted by Crippen LogP contribution is 2.31. The predicted molar refractivity (Wildman–Crippen MR) is 61.7 cm³/mol. The molecule has 0 saturated carbocycles. The summed E-state index contributed by atoms with van der Waals surface area (Å²) < 4.78 is 4.90. The summed E-state index contributed by atoms with van der Waals surface area (Å²) in [5, 5.41) is 19.4. The number of benzene rings is 1. The molecular weight excluding hydrogens is 242 g/mol. The van der Waals surface area contributed by atoms with Gasteiger partial charge in [0.1, 0.15) is 12.0 Å². The third kappa shape index (κ3) is 2.91. The van der Waals surface area contributed by atoms with Crippen LogP contribution in [0.1, 0.15) is 15.9 Å². The minimum absolute atomic E-state index is 0.00417. The van der Waals surface area contributed by atoms with Crippen LogP contribution < -0.4 is 4.74 Å². The van der Waals surface area contributed by atoms with Gasteiger partial charge in [-0.15, -0.1) is 0 Å². The van der Waals surface area contributed by atoms with Crippen molar-refractivity contribution in [2.45, 2.75) is 0 Å². The number of nitrogens with zero attached hydrogens (tertiary/aromatic N) is 1. The Kier molecular flexibility index (Phi) is 4.14. The topological polar surface area (TPSA) is 107 Å². The first-order valence-electron chi connectivity index (χ1n) is 4.72. The molecule has 7 heteroatoms. The Morgan fingerprint density at radius 2 is 2.17 bits per heavy atom. The number of methoxy groups -OCH3 is 1. The molecule has 0 saturated heterocycles. The van der Waals surface area contributed by atoms with E-state index >= 15 is 0 Å². The van der Waals surface area contributed by atoms with Gasteiger partial charge in [-0.25, -0.2) is 4.79 Å². The van der Waals surface area contributed by atoms with E-state index in [-0.39, 0.29) is 16.9 Å². The lowest BCUT2D eigenvalue weighted by Crippen LogP contribution is -1.98. The monoisotopic (exact) mass is 251 g/mol. The Morgan fingerprint density at radius 3 is 2.61 bits per heavy atom. The Hall–Kier alpha value is -2.70. The summed E-state index contributed by atoms with van der Waals surface area (Å²) in [6.07, 6.45) is 2.25. The molecule has 0 aliphatic carbocycles. The number of hydrogen-bond donors (Lipinski definition) is 1. The van der Waals surface area contributed by atoms with Gasteiger partial charge in [-0.2, -0.15) is 0 Å². The molecule has 7 nitrogen and oxygen atoms in total. The van der Waals surface area contributed by atoms with Crippen LogP contribution in [-0.4, -0.2) is 29.4 Å². The molecule has 94 valence electrons. The van der Waals surface area contributed by atoms with Crippen molar-refractivity contribution in [3.63, 3.8) is 0 Å². The lowest BCUT2D eigenvalue weighted by molar-refractivity contribution is -0.385. The minimum atomic E-state index is -1.24. The zero-order chi connectivity index (χ0) is 13.7. The van der Waals surface area contributed by atoms with Gasteiger partial charge in [0.25, 0.3) is 5.69 Å². The standard InChI is InChI=1S/C11H9NO6/c1-18-10-5-7(6-13)4-9(12(16)17)8(10)2-3-11(14)15/h2-6H,1H3,(H,14,15)/b3-2+. The van der Waals surface area contributed by atoms with Crippen LogP contribution in [0, 0.1) is 10.1 Å². The molecule has 1 rings (SSSR count). The van der Waals surface area contributed by atoms with Crippen molar-refractivity contribution >= 4 is 24.0 Å². The van der Waals surface area contributed by atoms with Crippen molar-refractivity contribution < 1.29 is 24.4 Å². The fraction of sp³-hybridized carbons (Fsp3) is 0.0909. The number of carboxylic acids is 1. The number of carbonyl (C=O) groups excluding carboxylic acids is 1. The summed E-state index contributed by atoms with van der Waals surface area (Å²) in [4.78, 5) is 31.2. The highest BCUT2D eigenvalue weighted by Gasteiger charge is 2.18. The summed E-state index contributed by atoms with van der Waals surface area (Å²) >= 11 is 0. The molecule has 1 aromatic rings. The third-order valence-electron chi connectivity index (χ3n) is 2.09. The first-order valence-corrected chi connectivity index (χ1v) is 4.72. The average molecular weight is 251 g/mol. The van der Waals surface area contributed by atoms with E-state index in [0.29, 0.717) is 6.29 Å². The molecule has 0 aromatic heterocycles. The Bertz CT molecular complexity index is 535. The highest BCUT2D eigenvalue weighted by atomic mass is 16.6. The highest BCUT2D eigenvalue weighted by molar-refractivity contribution is 5.88. The lowest BCUT2D eigenvalue weighted by Gasteiger charge is -2.06. The van der Waals surface area contributed by atoms with Crippen molar-refractivity contribution in [2.24, 2.45) is 0 Å². The van der Waals surface area contributed by atoms with Crippen LogP contribution in [0.5, 0.6) is 5.75 Å². The molecule has 0 aliphatic rings. The summed E-state index contributed by atoms with van der Waals surface area (Å²) in [6, 6.07) is 2.35. The number of aliphatic carboxylic acids is 1. The number of carboxylic acid groups (broad SMARTS) is 1. The number of aldehydes is 1. The summed E-state index contributed by atoms with van der Waals surface area (Å²) in [5.41, 5.74) is -0.324. The molecule has 1 aromatic carbocycles. The van der Waals surface area contributed by atoms with E-state index in [1.54, 1.807) is 0 Å². The van der Waals surface area contributed by atoms with E-state index in [2.05, 4.69) is 0 Å². The number of hydrogen-bond acceptors (Lipinski definition) is 5. The Balaban J connectivity index is 3.48. The van der Waals surface area contributed by atoms with E-state index < -0.39 is 16.6 Å². The van der Waals surface area contributed by atoms with Crippen LogP contribution in [0.2, 0.25) is 0 Å². The van der Waals surface area contributed by atoms with Gasteiger partial charge in [0.2, 0.25) is 0 Å². The molecule has 0 spiro atoms. The smallest absolute Gasteiger partial charge is 0.328 e. The molecular formula is C11H9NO6. The third-order valence-corrected chi connectivity index (χ3v) is 2.09. The lowest BCUT2D eigenvalue weighted by atomic mass is 10.1. The fourth-order valence-electron chi connectivity index (χ4n) is 1.34. The summed E-state index contributed by atoms with van der Waals surface area (Å²) in [6.45, 7) is 0. The quantitative estimate of drug-likeness (QED) is 0.368. The van der Waals surface area contributed by atoms with Crippen LogP contribution in [0.3, 0.4) is 0 Å². The first-order chi connectivity index (χ1) is 8.49. The second-order valence-electron chi connectivity index (χ2n) is 3.20. The second kappa shape index (κ2) is 5.58. The van der Waals surface area contributed by atoms with Crippen LogP contribution in [-0.2, 0) is 4.79 Å². The van der Waals surface area contributed by atoms with Gasteiger partial charge in [-0.05, 0) is 12.1 Å². The molecule has 0 atom stereocenters. The van der Waals surface area contributed by atoms with E-state index in [1.165, 1.54) is 13.2 Å². The van der Waals surface area contributed by atoms with Crippen LogP contribution in [0.25, 0.3) is 6.08 Å². The molecule has 0 heterocycles. The van der Waals surface area contributed by atoms with Crippen LogP contribution in [0.15, 0.2) is 18.2 Å². The van der Waals surface area contributed by atoms with E-state index in [0.717, 1.165) is 18.2 Å². The summed E-state index contributed by atoms with van der Waals surface area (Å²) in [7, 11) is 1.27. The van der Waals surface area contributed by atoms with E-state index in [1.807, 2.05) is 0 Å². The molecule has 0 aliphatic heterocycles. The van der Waals surface area contributed by atoms with E-state index in [9.17, 15) is 19.7 Å². The van der Waals surface area contributed by atoms with Crippen LogP contribution in [0.4, 0.5) is 5.69 Å². The van der Waals surface area contributed by atoms with E-state index in [4.69, 9.17) is 9.84 Å². The zero-order valence-electron chi connectivity index (χ0n) is 9.32. The van der Waals surface area contributed by atoms with Crippen molar-refractivity contribution in [2.75, 3.05) is 7.11 Å². The summed E-state index contributed by atoms with van der Waals surface area (Å²) in [5.74, 6) is -1.19. The SMILES string of the molecule is COc1cc(C=O)cc([N+](=O)[O-])c1/C=C/C(=O)O. The number of nitro benzene ring substituents is 1. The average Bonchev–Trinajstić information content (AvgIpc) is 2.34. The van der Waals surface area contributed by atoms with Crippen molar-refractivity contribution in [3.05, 3.63) is 39.4 Å². The van der Waals surface area contributed by atoms with Gasteiger partial charge >= 0.3 is 5.97 Å². The van der Waals surface area contributed by atoms with Gasteiger partial charge in [0, 0.05) is 17.7 Å². The zero-order valence-corrected chi connectivity index (χ0v) is 9.32. The van der Waals surface area contributed by atoms with Gasteiger partial charge in [-0.3, -0.25) is 14.9 Å². The molecule has 0 radical (unpaired) electrons. The number of carbonyl (C=O) groups is 2. The maximum atomic E-state index is 10.9. The molecule has 0 amide bonds. The van der Waals surface area contributed by atoms with Crippen molar-refractivity contribution in [3.8, 4) is 5.75 Å². The second-order valence-corrected chi connectivity index (χ2v) is 3.20. The van der Waals surface area contributed by atoms with Crippen molar-refractivity contribution in [1.82, 2.24) is 0 Å². The molecule has 18 heavy (non-hydrogen) atoms. The van der Waals surface area contributed by atoms with Crippen molar-refractivity contribution in [1.29, 1.82) is 0 Å². The number of rotatable bonds is 5. The first kappa shape index (κ1) is 13.4. The van der Waals surface area contributed by atoms with Gasteiger partial charge in [0.05, 0.1) is 17.6 Å². The molecule has 0 fully saturated rings. The number of nitro groups is 1. The molecule has 0 bridgehead atoms. The molecule has 1 N–H and O–H groups in total. The molecule has 0 unspecified atom stereocenters. The maximum absolute atomic E-state index is 10.9. The fourth-order valence-corrected chi connectivity index (χ4v) is 1.34. The van der Waals surface area contributed by atoms with Gasteiger partial charge < -0.3 is 9.84 Å². The van der Waals surface area contributed by atoms with Gasteiger partial charge in [-0.1, -0.05) is 0 Å². The Morgan fingerprint density at radius 1 is 1.50 bits per heavy atom. The maximum Gasteiger partial charge on any atom is 0.328 e. The van der Waals surface area contributed by atoms with Crippen LogP contribution >= 0.6 is 0 Å².